The van der Waals surface area contributed by atoms with Crippen molar-refractivity contribution in [2.75, 3.05) is 0 Å². The molecule has 0 aliphatic rings. The van der Waals surface area contributed by atoms with E-state index in [-0.39, 0.29) is 10.6 Å². The summed E-state index contributed by atoms with van der Waals surface area (Å²) in [6, 6.07) is 19.9. The van der Waals surface area contributed by atoms with Gasteiger partial charge in [-0.05, 0) is 55.5 Å². The predicted molar refractivity (Wildman–Crippen MR) is 123 cm³/mol. The minimum absolute atomic E-state index is 0.0202. The minimum atomic E-state index is -4.15. The van der Waals surface area contributed by atoms with E-state index in [1.807, 2.05) is 20.0 Å². The molecule has 8 heteroatoms. The first-order valence-corrected chi connectivity index (χ1v) is 11.6. The SMILES string of the molecule is Cc1cc(-c2ccc3c(c2)cc(-c2c(F)cccc2F)n3S(=O)(=O)c2ccccc2)n(C)n1. The molecule has 0 spiro atoms. The largest absolute Gasteiger partial charge is 0.268 e. The van der Waals surface area contributed by atoms with Crippen LogP contribution in [-0.4, -0.2) is 22.2 Å². The Balaban J connectivity index is 1.84. The molecule has 0 N–H and O–H groups in total. The summed E-state index contributed by atoms with van der Waals surface area (Å²) < 4.78 is 59.6. The molecule has 0 amide bonds. The van der Waals surface area contributed by atoms with Gasteiger partial charge in [0.15, 0.2) is 0 Å². The van der Waals surface area contributed by atoms with Gasteiger partial charge >= 0.3 is 0 Å². The van der Waals surface area contributed by atoms with E-state index in [2.05, 4.69) is 5.10 Å². The lowest BCUT2D eigenvalue weighted by molar-refractivity contribution is 0.583. The standard InChI is InChI=1S/C25H19F2N3O2S/c1-16-13-23(29(2)28-16)17-11-12-22-18(14-17)15-24(25-20(26)9-6-10-21(25)27)30(22)33(31,32)19-7-4-3-5-8-19/h3-15H,1-2H3. The highest BCUT2D eigenvalue weighted by molar-refractivity contribution is 7.90. The molecule has 166 valence electrons. The molecular formula is C25H19F2N3O2S. The van der Waals surface area contributed by atoms with Crippen LogP contribution in [0.15, 0.2) is 83.8 Å². The summed E-state index contributed by atoms with van der Waals surface area (Å²) in [5.74, 6) is -1.69. The number of hydrogen-bond donors (Lipinski definition) is 0. The zero-order valence-corrected chi connectivity index (χ0v) is 18.6. The number of rotatable bonds is 4. The summed E-state index contributed by atoms with van der Waals surface area (Å²) in [6.45, 7) is 1.88. The molecule has 0 atom stereocenters. The first kappa shape index (κ1) is 21.1. The third kappa shape index (κ3) is 3.43. The first-order valence-electron chi connectivity index (χ1n) is 10.2. The highest BCUT2D eigenvalue weighted by atomic mass is 32.2. The average Bonchev–Trinajstić information content (AvgIpc) is 3.33. The van der Waals surface area contributed by atoms with Gasteiger partial charge in [0.05, 0.1) is 33.1 Å². The van der Waals surface area contributed by atoms with Crippen LogP contribution in [0.25, 0.3) is 33.4 Å². The topological polar surface area (TPSA) is 56.9 Å². The van der Waals surface area contributed by atoms with Crippen LogP contribution in [0.4, 0.5) is 8.78 Å². The fourth-order valence-electron chi connectivity index (χ4n) is 4.10. The summed E-state index contributed by atoms with van der Waals surface area (Å²) >= 11 is 0. The number of halogens is 2. The Morgan fingerprint density at radius 1 is 0.818 bits per heavy atom. The Labute approximate surface area is 189 Å². The van der Waals surface area contributed by atoms with Crippen molar-refractivity contribution in [1.82, 2.24) is 13.8 Å². The number of benzene rings is 3. The van der Waals surface area contributed by atoms with E-state index in [9.17, 15) is 17.2 Å². The van der Waals surface area contributed by atoms with Crippen molar-refractivity contribution in [3.8, 4) is 22.5 Å². The Bertz CT molecular complexity index is 1600. The molecule has 5 nitrogen and oxygen atoms in total. The lowest BCUT2D eigenvalue weighted by atomic mass is 10.1. The summed E-state index contributed by atoms with van der Waals surface area (Å²) in [4.78, 5) is 0.0202. The average molecular weight is 464 g/mol. The quantitative estimate of drug-likeness (QED) is 0.352. The van der Waals surface area contributed by atoms with Crippen LogP contribution in [0, 0.1) is 18.6 Å². The number of aromatic nitrogens is 3. The van der Waals surface area contributed by atoms with Crippen LogP contribution in [0.2, 0.25) is 0 Å². The normalized spacial score (nSPS) is 11.9. The van der Waals surface area contributed by atoms with E-state index >= 15 is 0 Å². The highest BCUT2D eigenvalue weighted by Crippen LogP contribution is 2.36. The molecule has 2 aromatic heterocycles. The molecule has 33 heavy (non-hydrogen) atoms. The van der Waals surface area contributed by atoms with Crippen molar-refractivity contribution in [2.45, 2.75) is 11.8 Å². The van der Waals surface area contributed by atoms with Crippen molar-refractivity contribution < 1.29 is 17.2 Å². The van der Waals surface area contributed by atoms with E-state index in [0.29, 0.717) is 10.9 Å². The zero-order valence-electron chi connectivity index (χ0n) is 17.8. The minimum Gasteiger partial charge on any atom is -0.268 e. The van der Waals surface area contributed by atoms with Crippen LogP contribution in [0.3, 0.4) is 0 Å². The van der Waals surface area contributed by atoms with Crippen molar-refractivity contribution in [1.29, 1.82) is 0 Å². The van der Waals surface area contributed by atoms with E-state index < -0.39 is 27.2 Å². The van der Waals surface area contributed by atoms with Gasteiger partial charge in [-0.3, -0.25) is 4.68 Å². The molecule has 0 aliphatic heterocycles. The van der Waals surface area contributed by atoms with Gasteiger partial charge in [-0.15, -0.1) is 0 Å². The summed E-state index contributed by atoms with van der Waals surface area (Å²) in [5.41, 5.74) is 2.33. The predicted octanol–water partition coefficient (Wildman–Crippen LogP) is 5.53. The van der Waals surface area contributed by atoms with E-state index in [1.165, 1.54) is 24.3 Å². The molecule has 2 heterocycles. The van der Waals surface area contributed by atoms with Gasteiger partial charge in [0, 0.05) is 18.0 Å². The van der Waals surface area contributed by atoms with Gasteiger partial charge in [0.25, 0.3) is 10.0 Å². The molecule has 0 unspecified atom stereocenters. The smallest absolute Gasteiger partial charge is 0.268 e. The van der Waals surface area contributed by atoms with Gasteiger partial charge in [-0.2, -0.15) is 5.10 Å². The molecular weight excluding hydrogens is 444 g/mol. The highest BCUT2D eigenvalue weighted by Gasteiger charge is 2.27. The summed E-state index contributed by atoms with van der Waals surface area (Å²) in [7, 11) is -2.33. The fraction of sp³-hybridized carbons (Fsp3) is 0.0800. The monoisotopic (exact) mass is 463 g/mol. The van der Waals surface area contributed by atoms with Gasteiger partial charge in [-0.25, -0.2) is 21.2 Å². The van der Waals surface area contributed by atoms with Crippen molar-refractivity contribution in [3.63, 3.8) is 0 Å². The van der Waals surface area contributed by atoms with Crippen molar-refractivity contribution in [3.05, 3.63) is 96.2 Å². The molecule has 5 rings (SSSR count). The van der Waals surface area contributed by atoms with Gasteiger partial charge in [0.2, 0.25) is 0 Å². The van der Waals surface area contributed by atoms with Crippen LogP contribution in [-0.2, 0) is 17.1 Å². The molecule has 0 aliphatic carbocycles. The summed E-state index contributed by atoms with van der Waals surface area (Å²) in [5, 5.41) is 4.89. The molecule has 5 aromatic rings. The molecule has 0 saturated carbocycles. The van der Waals surface area contributed by atoms with Crippen molar-refractivity contribution in [2.24, 2.45) is 7.05 Å². The Kier molecular flexibility index (Phi) is 4.90. The third-order valence-electron chi connectivity index (χ3n) is 5.56. The number of hydrogen-bond acceptors (Lipinski definition) is 3. The maximum Gasteiger partial charge on any atom is 0.268 e. The lowest BCUT2D eigenvalue weighted by Crippen LogP contribution is -2.14. The second-order valence-corrected chi connectivity index (χ2v) is 9.56. The fourth-order valence-corrected chi connectivity index (χ4v) is 5.64. The lowest BCUT2D eigenvalue weighted by Gasteiger charge is -2.13. The van der Waals surface area contributed by atoms with Crippen LogP contribution in [0.1, 0.15) is 5.69 Å². The third-order valence-corrected chi connectivity index (χ3v) is 7.30. The Hall–Kier alpha value is -3.78. The van der Waals surface area contributed by atoms with E-state index in [0.717, 1.165) is 33.1 Å². The van der Waals surface area contributed by atoms with Crippen molar-refractivity contribution >= 4 is 20.9 Å². The molecule has 0 fully saturated rings. The van der Waals surface area contributed by atoms with Crippen LogP contribution < -0.4 is 0 Å². The molecule has 0 radical (unpaired) electrons. The molecule has 0 bridgehead atoms. The van der Waals surface area contributed by atoms with E-state index in [4.69, 9.17) is 0 Å². The second kappa shape index (κ2) is 7.67. The van der Waals surface area contributed by atoms with Crippen LogP contribution >= 0.6 is 0 Å². The number of fused-ring (bicyclic) bond motifs is 1. The van der Waals surface area contributed by atoms with Gasteiger partial charge in [0.1, 0.15) is 11.6 Å². The molecule has 3 aromatic carbocycles. The zero-order chi connectivity index (χ0) is 23.3. The summed E-state index contributed by atoms with van der Waals surface area (Å²) in [6.07, 6.45) is 0. The number of nitrogens with zero attached hydrogens (tertiary/aromatic N) is 3. The molecule has 0 saturated heterocycles. The second-order valence-electron chi connectivity index (χ2n) is 7.78. The van der Waals surface area contributed by atoms with E-state index in [1.54, 1.807) is 41.1 Å². The maximum atomic E-state index is 14.8. The first-order chi connectivity index (χ1) is 15.8. The number of aryl methyl sites for hydroxylation is 2. The van der Waals surface area contributed by atoms with Gasteiger partial charge in [-0.1, -0.05) is 30.3 Å². The van der Waals surface area contributed by atoms with Crippen LogP contribution in [0.5, 0.6) is 0 Å². The van der Waals surface area contributed by atoms with Gasteiger partial charge < -0.3 is 0 Å². The Morgan fingerprint density at radius 2 is 1.52 bits per heavy atom. The maximum absolute atomic E-state index is 14.8. The Morgan fingerprint density at radius 3 is 2.15 bits per heavy atom.